The summed E-state index contributed by atoms with van der Waals surface area (Å²) in [5.74, 6) is 0. The minimum Gasteiger partial charge on any atom is -0.312 e. The topological polar surface area (TPSA) is 65.8 Å². The molecule has 0 amide bonds. The molecule has 138 valence electrons. The van der Waals surface area contributed by atoms with E-state index < -0.39 is 0 Å². The molecule has 0 bridgehead atoms. The number of hydrogen-bond donors (Lipinski definition) is 0. The standard InChI is InChI=1S/C20H17N7S/c1-14(28-20-24-22-13-26(20)3)16-5-4-6-18(11-16)27-12-19(23-25-27)15-7-9-17(21-2)10-8-15/h4-14H,1,3H3/t14-/m0/s1. The zero-order valence-corrected chi connectivity index (χ0v) is 16.2. The first kappa shape index (κ1) is 17.9. The van der Waals surface area contributed by atoms with Crippen molar-refractivity contribution in [3.05, 3.63) is 78.0 Å². The van der Waals surface area contributed by atoms with Gasteiger partial charge in [0.2, 0.25) is 0 Å². The van der Waals surface area contributed by atoms with Crippen molar-refractivity contribution in [3.63, 3.8) is 0 Å². The van der Waals surface area contributed by atoms with Crippen LogP contribution in [0.2, 0.25) is 0 Å². The van der Waals surface area contributed by atoms with E-state index in [4.69, 9.17) is 6.57 Å². The molecule has 7 nitrogen and oxygen atoms in total. The summed E-state index contributed by atoms with van der Waals surface area (Å²) in [6.45, 7) is 9.19. The highest BCUT2D eigenvalue weighted by Crippen LogP contribution is 2.34. The molecule has 0 aliphatic carbocycles. The van der Waals surface area contributed by atoms with Crippen molar-refractivity contribution in [2.75, 3.05) is 0 Å². The maximum absolute atomic E-state index is 7.05. The lowest BCUT2D eigenvalue weighted by atomic mass is 10.1. The van der Waals surface area contributed by atoms with E-state index >= 15 is 0 Å². The second-order valence-electron chi connectivity index (χ2n) is 6.29. The van der Waals surface area contributed by atoms with Crippen LogP contribution in [0.25, 0.3) is 21.8 Å². The van der Waals surface area contributed by atoms with Crippen LogP contribution in [0.5, 0.6) is 0 Å². The van der Waals surface area contributed by atoms with Gasteiger partial charge in [0.1, 0.15) is 12.0 Å². The molecule has 0 saturated carbocycles. The third-order valence-corrected chi connectivity index (χ3v) is 5.55. The fourth-order valence-electron chi connectivity index (χ4n) is 2.75. The number of aryl methyl sites for hydroxylation is 1. The smallest absolute Gasteiger partial charge is 0.191 e. The Morgan fingerprint density at radius 3 is 2.64 bits per heavy atom. The Bertz CT molecular complexity index is 1140. The van der Waals surface area contributed by atoms with Crippen LogP contribution in [0.3, 0.4) is 0 Å². The summed E-state index contributed by atoms with van der Waals surface area (Å²) < 4.78 is 3.68. The minimum absolute atomic E-state index is 0.215. The normalized spacial score (nSPS) is 11.9. The van der Waals surface area contributed by atoms with Gasteiger partial charge in [-0.05, 0) is 24.6 Å². The van der Waals surface area contributed by atoms with Gasteiger partial charge in [0.05, 0.1) is 18.5 Å². The molecule has 28 heavy (non-hydrogen) atoms. The highest BCUT2D eigenvalue weighted by atomic mass is 32.2. The number of hydrogen-bond acceptors (Lipinski definition) is 5. The first-order valence-electron chi connectivity index (χ1n) is 8.65. The van der Waals surface area contributed by atoms with Gasteiger partial charge < -0.3 is 4.57 Å². The Labute approximate surface area is 166 Å². The van der Waals surface area contributed by atoms with E-state index in [9.17, 15) is 0 Å². The van der Waals surface area contributed by atoms with E-state index in [1.165, 1.54) is 5.56 Å². The van der Waals surface area contributed by atoms with Crippen LogP contribution in [-0.2, 0) is 7.05 Å². The Morgan fingerprint density at radius 2 is 1.93 bits per heavy atom. The molecule has 2 aromatic heterocycles. The molecule has 0 N–H and O–H groups in total. The van der Waals surface area contributed by atoms with Crippen molar-refractivity contribution in [2.45, 2.75) is 17.3 Å². The highest BCUT2D eigenvalue weighted by Gasteiger charge is 2.13. The number of benzene rings is 2. The minimum atomic E-state index is 0.215. The van der Waals surface area contributed by atoms with Gasteiger partial charge in [0, 0.05) is 17.9 Å². The van der Waals surface area contributed by atoms with Gasteiger partial charge in [0.25, 0.3) is 0 Å². The summed E-state index contributed by atoms with van der Waals surface area (Å²) in [5, 5.41) is 17.7. The average molecular weight is 387 g/mol. The lowest BCUT2D eigenvalue weighted by Gasteiger charge is -2.12. The quantitative estimate of drug-likeness (QED) is 0.373. The van der Waals surface area contributed by atoms with Gasteiger partial charge in [-0.2, -0.15) is 0 Å². The SMILES string of the molecule is [C-]#[N+]c1ccc(-c2cn(-c3cccc([C@H](C)Sc4nncn4C)c3)nn2)cc1. The molecule has 0 aliphatic rings. The summed E-state index contributed by atoms with van der Waals surface area (Å²) in [6.07, 6.45) is 3.60. The van der Waals surface area contributed by atoms with E-state index in [2.05, 4.69) is 44.4 Å². The number of thioether (sulfide) groups is 1. The molecule has 0 unspecified atom stereocenters. The Kier molecular flexibility index (Phi) is 4.91. The summed E-state index contributed by atoms with van der Waals surface area (Å²) in [4.78, 5) is 3.41. The maximum atomic E-state index is 7.05. The van der Waals surface area contributed by atoms with E-state index in [1.807, 2.05) is 42.1 Å². The fraction of sp³-hybridized carbons (Fsp3) is 0.150. The van der Waals surface area contributed by atoms with Crippen molar-refractivity contribution in [3.8, 4) is 16.9 Å². The van der Waals surface area contributed by atoms with Gasteiger partial charge in [-0.25, -0.2) is 9.53 Å². The largest absolute Gasteiger partial charge is 0.312 e. The van der Waals surface area contributed by atoms with Crippen molar-refractivity contribution in [2.24, 2.45) is 7.05 Å². The van der Waals surface area contributed by atoms with Crippen molar-refractivity contribution in [1.82, 2.24) is 29.8 Å². The lowest BCUT2D eigenvalue weighted by molar-refractivity contribution is 0.784. The maximum Gasteiger partial charge on any atom is 0.191 e. The van der Waals surface area contributed by atoms with E-state index in [0.717, 1.165) is 22.1 Å². The summed E-state index contributed by atoms with van der Waals surface area (Å²) in [5.41, 5.74) is 4.42. The van der Waals surface area contributed by atoms with Crippen molar-refractivity contribution < 1.29 is 0 Å². The predicted molar refractivity (Wildman–Crippen MR) is 108 cm³/mol. The van der Waals surface area contributed by atoms with Crippen LogP contribution in [0, 0.1) is 6.57 Å². The van der Waals surface area contributed by atoms with Gasteiger partial charge in [-0.15, -0.1) is 15.3 Å². The van der Waals surface area contributed by atoms with E-state index in [1.54, 1.807) is 34.9 Å². The first-order chi connectivity index (χ1) is 13.6. The van der Waals surface area contributed by atoms with E-state index in [0.29, 0.717) is 5.69 Å². The summed E-state index contributed by atoms with van der Waals surface area (Å²) in [6, 6.07) is 15.6. The number of aromatic nitrogens is 6. The molecule has 0 radical (unpaired) electrons. The summed E-state index contributed by atoms with van der Waals surface area (Å²) >= 11 is 1.66. The van der Waals surface area contributed by atoms with Crippen LogP contribution >= 0.6 is 11.8 Å². The van der Waals surface area contributed by atoms with Gasteiger partial charge in [-0.3, -0.25) is 0 Å². The molecule has 0 fully saturated rings. The first-order valence-corrected chi connectivity index (χ1v) is 9.53. The molecule has 0 saturated heterocycles. The lowest BCUT2D eigenvalue weighted by Crippen LogP contribution is -1.98. The van der Waals surface area contributed by atoms with Crippen LogP contribution < -0.4 is 0 Å². The van der Waals surface area contributed by atoms with Gasteiger partial charge in [0.15, 0.2) is 10.8 Å². The van der Waals surface area contributed by atoms with Crippen molar-refractivity contribution >= 4 is 17.4 Å². The van der Waals surface area contributed by atoms with Crippen LogP contribution in [0.15, 0.2) is 66.2 Å². The summed E-state index contributed by atoms with van der Waals surface area (Å²) in [7, 11) is 1.94. The third-order valence-electron chi connectivity index (χ3n) is 4.34. The second-order valence-corrected chi connectivity index (χ2v) is 7.59. The van der Waals surface area contributed by atoms with Crippen molar-refractivity contribution in [1.29, 1.82) is 0 Å². The van der Waals surface area contributed by atoms with Crippen LogP contribution in [0.4, 0.5) is 5.69 Å². The Balaban J connectivity index is 1.57. The van der Waals surface area contributed by atoms with Crippen LogP contribution in [-0.4, -0.2) is 29.8 Å². The molecule has 8 heteroatoms. The zero-order chi connectivity index (χ0) is 19.5. The van der Waals surface area contributed by atoms with Gasteiger partial charge in [-0.1, -0.05) is 53.4 Å². The molecule has 2 heterocycles. The Hall–Kier alpha value is -3.44. The monoisotopic (exact) mass is 387 g/mol. The van der Waals surface area contributed by atoms with Gasteiger partial charge >= 0.3 is 0 Å². The molecule has 2 aromatic carbocycles. The highest BCUT2D eigenvalue weighted by molar-refractivity contribution is 7.99. The molecule has 0 spiro atoms. The number of rotatable bonds is 5. The molecule has 4 rings (SSSR count). The third kappa shape index (κ3) is 3.66. The van der Waals surface area contributed by atoms with Crippen LogP contribution in [0.1, 0.15) is 17.7 Å². The second kappa shape index (κ2) is 7.66. The molecule has 1 atom stereocenters. The molecule has 4 aromatic rings. The zero-order valence-electron chi connectivity index (χ0n) is 15.4. The van der Waals surface area contributed by atoms with E-state index in [-0.39, 0.29) is 5.25 Å². The average Bonchev–Trinajstić information content (AvgIpc) is 3.38. The number of nitrogens with zero attached hydrogens (tertiary/aromatic N) is 7. The molecular formula is C20H17N7S. The fourth-order valence-corrected chi connectivity index (χ4v) is 3.66. The molecular weight excluding hydrogens is 370 g/mol. The predicted octanol–water partition coefficient (Wildman–Crippen LogP) is 4.47. The Morgan fingerprint density at radius 1 is 1.11 bits per heavy atom. The molecule has 0 aliphatic heterocycles.